The summed E-state index contributed by atoms with van der Waals surface area (Å²) in [5, 5.41) is 20.8. The van der Waals surface area contributed by atoms with Crippen molar-refractivity contribution in [2.75, 3.05) is 0 Å². The van der Waals surface area contributed by atoms with Crippen molar-refractivity contribution in [1.29, 1.82) is 0 Å². The molecule has 0 unspecified atom stereocenters. The molecule has 24 heavy (non-hydrogen) atoms. The minimum Gasteiger partial charge on any atom is -0.508 e. The van der Waals surface area contributed by atoms with Crippen molar-refractivity contribution >= 4 is 5.91 Å². The van der Waals surface area contributed by atoms with E-state index in [0.29, 0.717) is 37.1 Å². The molecule has 1 amide bonds. The average Bonchev–Trinajstić information content (AvgIpc) is 3.05. The third kappa shape index (κ3) is 2.78. The Kier molecular flexibility index (Phi) is 4.33. The Morgan fingerprint density at radius 3 is 2.21 bits per heavy atom. The number of benzene rings is 2. The summed E-state index contributed by atoms with van der Waals surface area (Å²) in [7, 11) is 0. The van der Waals surface area contributed by atoms with E-state index in [9.17, 15) is 15.0 Å². The number of aliphatic hydroxyl groups is 1. The van der Waals surface area contributed by atoms with Crippen LogP contribution in [-0.4, -0.2) is 21.0 Å². The van der Waals surface area contributed by atoms with E-state index >= 15 is 0 Å². The molecule has 0 radical (unpaired) electrons. The van der Waals surface area contributed by atoms with Crippen molar-refractivity contribution in [3.05, 3.63) is 64.7 Å². The molecule has 2 N–H and O–H groups in total. The highest BCUT2D eigenvalue weighted by Gasteiger charge is 2.30. The summed E-state index contributed by atoms with van der Waals surface area (Å²) in [5.41, 5.74) is 2.15. The van der Waals surface area contributed by atoms with Crippen LogP contribution in [0.3, 0.4) is 0 Å². The maximum absolute atomic E-state index is 12.8. The highest BCUT2D eigenvalue weighted by molar-refractivity contribution is 5.95. The van der Waals surface area contributed by atoms with Crippen LogP contribution < -0.4 is 0 Å². The zero-order chi connectivity index (χ0) is 17.3. The van der Waals surface area contributed by atoms with Gasteiger partial charge in [-0.15, -0.1) is 0 Å². The van der Waals surface area contributed by atoms with Crippen LogP contribution >= 0.6 is 0 Å². The lowest BCUT2D eigenvalue weighted by atomic mass is 9.87. The normalized spacial score (nSPS) is 13.9. The van der Waals surface area contributed by atoms with Crippen LogP contribution in [0.4, 0.5) is 0 Å². The van der Waals surface area contributed by atoms with E-state index in [-0.39, 0.29) is 11.7 Å². The lowest BCUT2D eigenvalue weighted by Crippen LogP contribution is -2.27. The minimum atomic E-state index is -1.12. The maximum Gasteiger partial charge on any atom is 0.254 e. The van der Waals surface area contributed by atoms with E-state index in [0.717, 1.165) is 0 Å². The molecule has 0 fully saturated rings. The lowest BCUT2D eigenvalue weighted by molar-refractivity contribution is 0.0260. The Bertz CT molecular complexity index is 740. The first-order valence-electron chi connectivity index (χ1n) is 8.40. The predicted octanol–water partition coefficient (Wildman–Crippen LogP) is 3.56. The van der Waals surface area contributed by atoms with Gasteiger partial charge < -0.3 is 15.1 Å². The van der Waals surface area contributed by atoms with E-state index in [1.807, 2.05) is 38.1 Å². The van der Waals surface area contributed by atoms with Gasteiger partial charge in [0.05, 0.1) is 5.60 Å². The highest BCUT2D eigenvalue weighted by atomic mass is 16.3. The van der Waals surface area contributed by atoms with E-state index in [1.54, 1.807) is 17.0 Å². The molecule has 2 aromatic carbocycles. The molecule has 0 aromatic heterocycles. The zero-order valence-corrected chi connectivity index (χ0v) is 14.1. The summed E-state index contributed by atoms with van der Waals surface area (Å²) < 4.78 is 0. The topological polar surface area (TPSA) is 60.8 Å². The first-order chi connectivity index (χ1) is 11.5. The van der Waals surface area contributed by atoms with Gasteiger partial charge in [-0.05, 0) is 42.2 Å². The standard InChI is InChI=1S/C20H23NO3/c1-3-20(24,4-2)17-11-14(9-10-18(17)22)19(23)21-12-15-7-5-6-8-16(15)13-21/h5-11,22,24H,3-4,12-13H2,1-2H3. The van der Waals surface area contributed by atoms with Crippen LogP contribution in [0.5, 0.6) is 5.75 Å². The van der Waals surface area contributed by atoms with E-state index in [1.165, 1.54) is 17.2 Å². The maximum atomic E-state index is 12.8. The summed E-state index contributed by atoms with van der Waals surface area (Å²) in [6.07, 6.45) is 0.952. The zero-order valence-electron chi connectivity index (χ0n) is 14.1. The fourth-order valence-electron chi connectivity index (χ4n) is 3.33. The van der Waals surface area contributed by atoms with Gasteiger partial charge in [-0.3, -0.25) is 4.79 Å². The second-order valence-electron chi connectivity index (χ2n) is 6.40. The van der Waals surface area contributed by atoms with Crippen LogP contribution in [0.2, 0.25) is 0 Å². The van der Waals surface area contributed by atoms with E-state index < -0.39 is 5.60 Å². The first-order valence-corrected chi connectivity index (χ1v) is 8.40. The van der Waals surface area contributed by atoms with Crippen molar-refractivity contribution < 1.29 is 15.0 Å². The number of phenols is 1. The molecule has 0 saturated carbocycles. The molecule has 3 rings (SSSR count). The smallest absolute Gasteiger partial charge is 0.254 e. The summed E-state index contributed by atoms with van der Waals surface area (Å²) in [4.78, 5) is 14.6. The highest BCUT2D eigenvalue weighted by Crippen LogP contribution is 2.36. The number of fused-ring (bicyclic) bond motifs is 1. The summed E-state index contributed by atoms with van der Waals surface area (Å²) in [6, 6.07) is 12.8. The SMILES string of the molecule is CCC(O)(CC)c1cc(C(=O)N2Cc3ccccc3C2)ccc1O. The number of hydrogen-bond donors (Lipinski definition) is 2. The van der Waals surface area contributed by atoms with Gasteiger partial charge in [-0.1, -0.05) is 38.1 Å². The monoisotopic (exact) mass is 325 g/mol. The number of hydrogen-bond acceptors (Lipinski definition) is 3. The molecule has 0 saturated heterocycles. The van der Waals surface area contributed by atoms with E-state index in [4.69, 9.17) is 0 Å². The molecule has 126 valence electrons. The number of amides is 1. The molecule has 0 aliphatic carbocycles. The summed E-state index contributed by atoms with van der Waals surface area (Å²) in [5.74, 6) is -0.0514. The van der Waals surface area contributed by atoms with Crippen molar-refractivity contribution in [3.8, 4) is 5.75 Å². The van der Waals surface area contributed by atoms with Crippen LogP contribution in [0.15, 0.2) is 42.5 Å². The van der Waals surface area contributed by atoms with Gasteiger partial charge in [-0.2, -0.15) is 0 Å². The average molecular weight is 325 g/mol. The number of nitrogens with zero attached hydrogens (tertiary/aromatic N) is 1. The van der Waals surface area contributed by atoms with Crippen molar-refractivity contribution in [2.45, 2.75) is 45.4 Å². The van der Waals surface area contributed by atoms with Crippen LogP contribution in [0.1, 0.15) is 53.7 Å². The quantitative estimate of drug-likeness (QED) is 0.903. The second-order valence-corrected chi connectivity index (χ2v) is 6.40. The molecule has 4 heteroatoms. The molecule has 0 bridgehead atoms. The molecule has 0 spiro atoms. The van der Waals surface area contributed by atoms with Crippen LogP contribution in [-0.2, 0) is 18.7 Å². The van der Waals surface area contributed by atoms with Crippen LogP contribution in [0, 0.1) is 0 Å². The summed E-state index contributed by atoms with van der Waals surface area (Å²) in [6.45, 7) is 4.93. The van der Waals surface area contributed by atoms with Gasteiger partial charge >= 0.3 is 0 Å². The van der Waals surface area contributed by atoms with Gasteiger partial charge in [0.1, 0.15) is 5.75 Å². The lowest BCUT2D eigenvalue weighted by Gasteiger charge is -2.27. The van der Waals surface area contributed by atoms with E-state index in [2.05, 4.69) is 0 Å². The third-order valence-corrected chi connectivity index (χ3v) is 5.04. The van der Waals surface area contributed by atoms with Crippen LogP contribution in [0.25, 0.3) is 0 Å². The van der Waals surface area contributed by atoms with Crippen molar-refractivity contribution in [1.82, 2.24) is 4.90 Å². The Balaban J connectivity index is 1.90. The number of carbonyl (C=O) groups excluding carboxylic acids is 1. The Hall–Kier alpha value is -2.33. The molecule has 1 heterocycles. The largest absolute Gasteiger partial charge is 0.508 e. The minimum absolute atomic E-state index is 0.0301. The van der Waals surface area contributed by atoms with Gasteiger partial charge in [-0.25, -0.2) is 0 Å². The summed E-state index contributed by atoms with van der Waals surface area (Å²) >= 11 is 0. The molecule has 1 aliphatic heterocycles. The molecule has 4 nitrogen and oxygen atoms in total. The molecular formula is C20H23NO3. The fourth-order valence-corrected chi connectivity index (χ4v) is 3.33. The Morgan fingerprint density at radius 2 is 1.67 bits per heavy atom. The number of carbonyl (C=O) groups is 1. The van der Waals surface area contributed by atoms with Crippen molar-refractivity contribution in [3.63, 3.8) is 0 Å². The molecular weight excluding hydrogens is 302 g/mol. The van der Waals surface area contributed by atoms with Gasteiger partial charge in [0, 0.05) is 24.2 Å². The second kappa shape index (κ2) is 6.29. The Morgan fingerprint density at radius 1 is 1.08 bits per heavy atom. The van der Waals surface area contributed by atoms with Gasteiger partial charge in [0.2, 0.25) is 0 Å². The number of aromatic hydroxyl groups is 1. The Labute approximate surface area is 142 Å². The third-order valence-electron chi connectivity index (χ3n) is 5.04. The fraction of sp³-hybridized carbons (Fsp3) is 0.350. The first kappa shape index (κ1) is 16.5. The molecule has 2 aromatic rings. The number of phenolic OH excluding ortho intramolecular Hbond substituents is 1. The molecule has 0 atom stereocenters. The van der Waals surface area contributed by atoms with Gasteiger partial charge in [0.15, 0.2) is 0 Å². The van der Waals surface area contributed by atoms with Crippen molar-refractivity contribution in [2.24, 2.45) is 0 Å². The number of rotatable bonds is 4. The predicted molar refractivity (Wildman–Crippen MR) is 92.6 cm³/mol. The molecule has 1 aliphatic rings. The van der Waals surface area contributed by atoms with Gasteiger partial charge in [0.25, 0.3) is 5.91 Å².